The lowest BCUT2D eigenvalue weighted by atomic mass is 10.0. The number of hydrogen-bond donors (Lipinski definition) is 2. The average molecular weight is 463 g/mol. The zero-order chi connectivity index (χ0) is 24.8. The van der Waals surface area contributed by atoms with Crippen LogP contribution in [0.25, 0.3) is 28.6 Å². The summed E-state index contributed by atoms with van der Waals surface area (Å²) < 4.78 is 10.6. The van der Waals surface area contributed by atoms with Gasteiger partial charge >= 0.3 is 0 Å². The molecule has 4 aromatic rings. The Labute approximate surface area is 198 Å². The third-order valence-corrected chi connectivity index (χ3v) is 5.12. The maximum Gasteiger partial charge on any atom is 0.151 e. The lowest BCUT2D eigenvalue weighted by molar-refractivity contribution is 0.418. The number of nitrogens with two attached hydrogens (primary N) is 2. The number of hydrogen-bond acceptors (Lipinski definition) is 8. The molecule has 2 heterocycles. The van der Waals surface area contributed by atoms with Crippen LogP contribution in [0.5, 0.6) is 11.5 Å². The molecule has 0 saturated carbocycles. The second-order valence-electron chi connectivity index (χ2n) is 7.45. The van der Waals surface area contributed by atoms with E-state index < -0.39 is 0 Å². The van der Waals surface area contributed by atoms with Crippen LogP contribution >= 0.6 is 0 Å². The summed E-state index contributed by atoms with van der Waals surface area (Å²) in [4.78, 5) is 3.01. The van der Waals surface area contributed by atoms with Crippen molar-refractivity contribution < 1.29 is 9.47 Å². The Morgan fingerprint density at radius 2 is 1.35 bits per heavy atom. The minimum atomic E-state index is 0.561. The van der Waals surface area contributed by atoms with E-state index in [1.165, 1.54) is 9.59 Å². The van der Waals surface area contributed by atoms with Gasteiger partial charge in [-0.05, 0) is 41.8 Å². The lowest BCUT2D eigenvalue weighted by Gasteiger charge is -2.11. The normalized spacial score (nSPS) is 10.4. The van der Waals surface area contributed by atoms with E-state index in [-0.39, 0.29) is 0 Å². The summed E-state index contributed by atoms with van der Waals surface area (Å²) in [5, 5.41) is 16.6. The molecule has 0 aliphatic heterocycles. The Kier molecular flexibility index (Phi) is 7.52. The first-order chi connectivity index (χ1) is 16.3. The fraction of sp³-hybridized carbons (Fsp3) is 0.250. The van der Waals surface area contributed by atoms with Crippen molar-refractivity contribution in [3.8, 4) is 34.0 Å². The molecule has 0 atom stereocenters. The van der Waals surface area contributed by atoms with Crippen molar-refractivity contribution in [3.05, 3.63) is 54.4 Å². The summed E-state index contributed by atoms with van der Waals surface area (Å²) in [6.07, 6.45) is 6.03. The Morgan fingerprint density at radius 1 is 0.853 bits per heavy atom. The average Bonchev–Trinajstić information content (AvgIpc) is 3.46. The first kappa shape index (κ1) is 24.3. The fourth-order valence-corrected chi connectivity index (χ4v) is 3.48. The van der Waals surface area contributed by atoms with Crippen LogP contribution in [0.15, 0.2) is 43.2 Å². The molecule has 4 rings (SSSR count). The van der Waals surface area contributed by atoms with E-state index in [9.17, 15) is 0 Å². The Balaban J connectivity index is 0.000000191. The van der Waals surface area contributed by atoms with Crippen molar-refractivity contribution in [1.29, 1.82) is 0 Å². The molecule has 0 aliphatic rings. The van der Waals surface area contributed by atoms with E-state index in [2.05, 4.69) is 33.9 Å². The quantitative estimate of drug-likeness (QED) is 0.417. The summed E-state index contributed by atoms with van der Waals surface area (Å²) >= 11 is 0. The number of nitrogens with zero attached hydrogens (tertiary/aromatic N) is 6. The maximum absolute atomic E-state index is 5.97. The van der Waals surface area contributed by atoms with Crippen LogP contribution in [-0.2, 0) is 20.5 Å². The molecular weight excluding hydrogens is 432 g/mol. The Bertz CT molecular complexity index is 1290. The molecule has 0 amide bonds. The van der Waals surface area contributed by atoms with E-state index in [1.54, 1.807) is 46.8 Å². The fourth-order valence-electron chi connectivity index (χ4n) is 3.48. The monoisotopic (exact) mass is 462 g/mol. The van der Waals surface area contributed by atoms with Gasteiger partial charge in [-0.2, -0.15) is 30.0 Å². The SMILES string of the molecule is C=Cc1cc(N)c(OC)c(-c2cnn(C)n2)c1.CCc1cc(N)c(OC)c(-c2cnn(C)n2)c1. The van der Waals surface area contributed by atoms with E-state index in [4.69, 9.17) is 20.9 Å². The molecule has 10 heteroatoms. The van der Waals surface area contributed by atoms with Crippen molar-refractivity contribution in [2.75, 3.05) is 25.7 Å². The van der Waals surface area contributed by atoms with E-state index >= 15 is 0 Å². The number of benzene rings is 2. The molecule has 0 saturated heterocycles. The van der Waals surface area contributed by atoms with Gasteiger partial charge in [-0.1, -0.05) is 19.6 Å². The second kappa shape index (κ2) is 10.5. The molecule has 0 aliphatic carbocycles. The summed E-state index contributed by atoms with van der Waals surface area (Å²) in [7, 11) is 6.73. The van der Waals surface area contributed by atoms with Gasteiger partial charge in [-0.15, -0.1) is 0 Å². The van der Waals surface area contributed by atoms with E-state index in [0.717, 1.165) is 40.1 Å². The van der Waals surface area contributed by atoms with Crippen molar-refractivity contribution >= 4 is 17.5 Å². The standard InChI is InChI=1S/C12H16N4O.C12H14N4O/c2*1-4-8-5-9(11-7-14-16(2)15-11)12(17-3)10(13)6-8/h5-7H,4,13H2,1-3H3;4-7H,1,13H2,2-3H3. The molecule has 0 spiro atoms. The summed E-state index contributed by atoms with van der Waals surface area (Å²) in [5.41, 5.74) is 18.4. The molecule has 178 valence electrons. The first-order valence-electron chi connectivity index (χ1n) is 10.6. The van der Waals surface area contributed by atoms with Crippen LogP contribution < -0.4 is 20.9 Å². The van der Waals surface area contributed by atoms with Crippen molar-refractivity contribution in [2.45, 2.75) is 13.3 Å². The summed E-state index contributed by atoms with van der Waals surface area (Å²) in [6, 6.07) is 7.70. The van der Waals surface area contributed by atoms with Gasteiger partial charge in [0.15, 0.2) is 11.5 Å². The van der Waals surface area contributed by atoms with E-state index in [0.29, 0.717) is 22.9 Å². The minimum Gasteiger partial charge on any atom is -0.494 e. The number of aromatic nitrogens is 6. The van der Waals surface area contributed by atoms with E-state index in [1.807, 2.05) is 24.3 Å². The number of anilines is 2. The van der Waals surface area contributed by atoms with Gasteiger partial charge in [0.2, 0.25) is 0 Å². The van der Waals surface area contributed by atoms with Gasteiger partial charge in [0, 0.05) is 25.2 Å². The highest BCUT2D eigenvalue weighted by Crippen LogP contribution is 2.36. The second-order valence-corrected chi connectivity index (χ2v) is 7.45. The molecule has 10 nitrogen and oxygen atoms in total. The van der Waals surface area contributed by atoms with Crippen LogP contribution in [0.1, 0.15) is 18.1 Å². The van der Waals surface area contributed by atoms with Crippen LogP contribution in [-0.4, -0.2) is 44.2 Å². The largest absolute Gasteiger partial charge is 0.494 e. The van der Waals surface area contributed by atoms with Gasteiger partial charge in [0.05, 0.1) is 38.0 Å². The highest BCUT2D eigenvalue weighted by molar-refractivity contribution is 5.78. The predicted octanol–water partition coefficient (Wildman–Crippen LogP) is 3.35. The predicted molar refractivity (Wildman–Crippen MR) is 134 cm³/mol. The number of rotatable bonds is 6. The zero-order valence-electron chi connectivity index (χ0n) is 20.1. The maximum atomic E-state index is 5.97. The van der Waals surface area contributed by atoms with Crippen LogP contribution in [0.2, 0.25) is 0 Å². The number of nitrogen functional groups attached to an aromatic ring is 2. The molecule has 0 fully saturated rings. The van der Waals surface area contributed by atoms with Crippen LogP contribution in [0.3, 0.4) is 0 Å². The molecule has 2 aromatic carbocycles. The molecule has 34 heavy (non-hydrogen) atoms. The summed E-state index contributed by atoms with van der Waals surface area (Å²) in [5.74, 6) is 1.26. The van der Waals surface area contributed by atoms with Crippen molar-refractivity contribution in [1.82, 2.24) is 30.0 Å². The van der Waals surface area contributed by atoms with Crippen molar-refractivity contribution in [3.63, 3.8) is 0 Å². The van der Waals surface area contributed by atoms with Gasteiger partial charge in [0.25, 0.3) is 0 Å². The third-order valence-electron chi connectivity index (χ3n) is 5.12. The van der Waals surface area contributed by atoms with Crippen molar-refractivity contribution in [2.24, 2.45) is 14.1 Å². The van der Waals surface area contributed by atoms with Gasteiger partial charge in [-0.25, -0.2) is 0 Å². The van der Waals surface area contributed by atoms with Gasteiger partial charge < -0.3 is 20.9 Å². The van der Waals surface area contributed by atoms with Gasteiger partial charge in [0.1, 0.15) is 11.4 Å². The minimum absolute atomic E-state index is 0.561. The smallest absolute Gasteiger partial charge is 0.151 e. The highest BCUT2D eigenvalue weighted by atomic mass is 16.5. The Hall–Kier alpha value is -4.34. The van der Waals surface area contributed by atoms with Crippen LogP contribution in [0, 0.1) is 0 Å². The first-order valence-corrected chi connectivity index (χ1v) is 10.6. The molecule has 0 bridgehead atoms. The Morgan fingerprint density at radius 3 is 1.76 bits per heavy atom. The number of ether oxygens (including phenoxy) is 2. The molecular formula is C24H30N8O2. The zero-order valence-corrected chi connectivity index (χ0v) is 20.1. The topological polar surface area (TPSA) is 132 Å². The number of methoxy groups -OCH3 is 2. The summed E-state index contributed by atoms with van der Waals surface area (Å²) in [6.45, 7) is 5.81. The molecule has 4 N–H and O–H groups in total. The molecule has 0 radical (unpaired) electrons. The highest BCUT2D eigenvalue weighted by Gasteiger charge is 2.14. The lowest BCUT2D eigenvalue weighted by Crippen LogP contribution is -1.98. The molecule has 2 aromatic heterocycles. The molecule has 0 unspecified atom stereocenters. The van der Waals surface area contributed by atoms with Crippen LogP contribution in [0.4, 0.5) is 11.4 Å². The third kappa shape index (κ3) is 5.17. The van der Waals surface area contributed by atoms with Gasteiger partial charge in [-0.3, -0.25) is 0 Å². The number of aryl methyl sites for hydroxylation is 3.